The Labute approximate surface area is 166 Å². The third kappa shape index (κ3) is 6.70. The standard InChI is InChI=1S/C22H29N3O3/c1-15-11-18(26)12-16(2)19(15)13-20(23)22(28)25-14-21(27)24-10-6-9-17-7-4-3-5-8-17/h3-5,7-8,11-12,20,26H,6,9-10,13-14,23H2,1-2H3,(H,24,27)(H,25,28)/t20-/m0/s1. The van der Waals surface area contributed by atoms with E-state index in [0.717, 1.165) is 29.5 Å². The number of aryl methyl sites for hydroxylation is 3. The van der Waals surface area contributed by atoms with Gasteiger partial charge in [0.1, 0.15) is 5.75 Å². The van der Waals surface area contributed by atoms with Gasteiger partial charge in [0.15, 0.2) is 0 Å². The molecular formula is C22H29N3O3. The molecule has 0 spiro atoms. The van der Waals surface area contributed by atoms with Gasteiger partial charge < -0.3 is 21.5 Å². The van der Waals surface area contributed by atoms with E-state index in [1.807, 2.05) is 32.0 Å². The maximum Gasteiger partial charge on any atom is 0.239 e. The zero-order valence-electron chi connectivity index (χ0n) is 16.5. The quantitative estimate of drug-likeness (QED) is 0.495. The van der Waals surface area contributed by atoms with Gasteiger partial charge in [-0.25, -0.2) is 0 Å². The summed E-state index contributed by atoms with van der Waals surface area (Å²) in [6.07, 6.45) is 2.08. The zero-order chi connectivity index (χ0) is 20.5. The van der Waals surface area contributed by atoms with Crippen molar-refractivity contribution >= 4 is 11.8 Å². The summed E-state index contributed by atoms with van der Waals surface area (Å²) in [5.41, 5.74) is 9.93. The van der Waals surface area contributed by atoms with Crippen LogP contribution in [0.4, 0.5) is 0 Å². The molecule has 0 unspecified atom stereocenters. The van der Waals surface area contributed by atoms with E-state index >= 15 is 0 Å². The Hall–Kier alpha value is -2.86. The molecule has 6 heteroatoms. The van der Waals surface area contributed by atoms with Crippen LogP contribution >= 0.6 is 0 Å². The predicted molar refractivity (Wildman–Crippen MR) is 110 cm³/mol. The second-order valence-electron chi connectivity index (χ2n) is 7.03. The van der Waals surface area contributed by atoms with Crippen molar-refractivity contribution in [1.29, 1.82) is 0 Å². The summed E-state index contributed by atoms with van der Waals surface area (Å²) >= 11 is 0. The Balaban J connectivity index is 1.70. The number of carbonyl (C=O) groups excluding carboxylic acids is 2. The summed E-state index contributed by atoms with van der Waals surface area (Å²) in [6.45, 7) is 4.21. The van der Waals surface area contributed by atoms with Crippen LogP contribution in [0.3, 0.4) is 0 Å². The van der Waals surface area contributed by atoms with Crippen molar-refractivity contribution in [2.75, 3.05) is 13.1 Å². The Bertz CT molecular complexity index is 783. The highest BCUT2D eigenvalue weighted by molar-refractivity contribution is 5.87. The minimum Gasteiger partial charge on any atom is -0.508 e. The molecule has 0 bridgehead atoms. The van der Waals surface area contributed by atoms with Crippen LogP contribution in [0.2, 0.25) is 0 Å². The molecule has 0 radical (unpaired) electrons. The summed E-state index contributed by atoms with van der Waals surface area (Å²) in [6, 6.07) is 12.6. The number of hydrogen-bond acceptors (Lipinski definition) is 4. The SMILES string of the molecule is Cc1cc(O)cc(C)c1C[C@H](N)C(=O)NCC(=O)NCCCc1ccccc1. The summed E-state index contributed by atoms with van der Waals surface area (Å²) in [4.78, 5) is 24.1. The van der Waals surface area contributed by atoms with Gasteiger partial charge in [-0.2, -0.15) is 0 Å². The lowest BCUT2D eigenvalue weighted by Crippen LogP contribution is -2.46. The van der Waals surface area contributed by atoms with E-state index in [2.05, 4.69) is 22.8 Å². The smallest absolute Gasteiger partial charge is 0.239 e. The number of aromatic hydroxyl groups is 1. The van der Waals surface area contributed by atoms with Crippen molar-refractivity contribution in [2.24, 2.45) is 5.73 Å². The molecule has 0 heterocycles. The lowest BCUT2D eigenvalue weighted by molar-refractivity contribution is -0.126. The number of phenols is 1. The molecule has 0 aliphatic rings. The molecule has 0 aromatic heterocycles. The van der Waals surface area contributed by atoms with Crippen LogP contribution in [0.15, 0.2) is 42.5 Å². The third-order valence-corrected chi connectivity index (χ3v) is 4.67. The number of amides is 2. The van der Waals surface area contributed by atoms with E-state index in [9.17, 15) is 14.7 Å². The van der Waals surface area contributed by atoms with Crippen LogP contribution in [-0.4, -0.2) is 36.1 Å². The van der Waals surface area contributed by atoms with Crippen molar-refractivity contribution in [3.05, 3.63) is 64.7 Å². The van der Waals surface area contributed by atoms with E-state index in [4.69, 9.17) is 5.73 Å². The molecule has 2 amide bonds. The van der Waals surface area contributed by atoms with Crippen LogP contribution in [0.5, 0.6) is 5.75 Å². The van der Waals surface area contributed by atoms with Gasteiger partial charge in [-0.15, -0.1) is 0 Å². The van der Waals surface area contributed by atoms with E-state index in [-0.39, 0.29) is 24.1 Å². The molecule has 0 fully saturated rings. The zero-order valence-corrected chi connectivity index (χ0v) is 16.5. The number of phenolic OH excluding ortho intramolecular Hbond substituents is 1. The second-order valence-corrected chi connectivity index (χ2v) is 7.03. The van der Waals surface area contributed by atoms with Crippen molar-refractivity contribution in [3.8, 4) is 5.75 Å². The average Bonchev–Trinajstić information content (AvgIpc) is 2.66. The molecule has 0 saturated heterocycles. The van der Waals surface area contributed by atoms with Gasteiger partial charge in [0, 0.05) is 6.54 Å². The summed E-state index contributed by atoms with van der Waals surface area (Å²) in [7, 11) is 0. The van der Waals surface area contributed by atoms with E-state index in [0.29, 0.717) is 13.0 Å². The number of rotatable bonds is 9. The Morgan fingerprint density at radius 2 is 1.71 bits per heavy atom. The highest BCUT2D eigenvalue weighted by Gasteiger charge is 2.17. The molecule has 5 N–H and O–H groups in total. The molecule has 0 saturated carbocycles. The van der Waals surface area contributed by atoms with E-state index < -0.39 is 6.04 Å². The van der Waals surface area contributed by atoms with Gasteiger partial charge >= 0.3 is 0 Å². The van der Waals surface area contributed by atoms with Crippen LogP contribution < -0.4 is 16.4 Å². The van der Waals surface area contributed by atoms with Gasteiger partial charge in [0.25, 0.3) is 0 Å². The van der Waals surface area contributed by atoms with Crippen molar-refractivity contribution in [3.63, 3.8) is 0 Å². The first-order valence-electron chi connectivity index (χ1n) is 9.50. The lowest BCUT2D eigenvalue weighted by Gasteiger charge is -2.16. The highest BCUT2D eigenvalue weighted by atomic mass is 16.3. The average molecular weight is 383 g/mol. The molecule has 2 aromatic carbocycles. The Morgan fingerprint density at radius 3 is 2.36 bits per heavy atom. The summed E-state index contributed by atoms with van der Waals surface area (Å²) < 4.78 is 0. The molecule has 2 aromatic rings. The van der Waals surface area contributed by atoms with E-state index in [1.54, 1.807) is 12.1 Å². The number of carbonyl (C=O) groups is 2. The molecule has 1 atom stereocenters. The van der Waals surface area contributed by atoms with Crippen LogP contribution in [-0.2, 0) is 22.4 Å². The molecule has 0 aliphatic carbocycles. The molecule has 6 nitrogen and oxygen atoms in total. The number of benzene rings is 2. The topological polar surface area (TPSA) is 104 Å². The maximum atomic E-state index is 12.2. The van der Waals surface area contributed by atoms with Crippen molar-refractivity contribution in [1.82, 2.24) is 10.6 Å². The fraction of sp³-hybridized carbons (Fsp3) is 0.364. The van der Waals surface area contributed by atoms with Crippen LogP contribution in [0.25, 0.3) is 0 Å². The normalized spacial score (nSPS) is 11.7. The summed E-state index contributed by atoms with van der Waals surface area (Å²) in [5, 5.41) is 15.0. The fourth-order valence-corrected chi connectivity index (χ4v) is 3.13. The maximum absolute atomic E-state index is 12.2. The number of hydrogen-bond donors (Lipinski definition) is 4. The predicted octanol–water partition coefficient (Wildman–Crippen LogP) is 1.74. The van der Waals surface area contributed by atoms with Crippen molar-refractivity contribution < 1.29 is 14.7 Å². The van der Waals surface area contributed by atoms with E-state index in [1.165, 1.54) is 5.56 Å². The van der Waals surface area contributed by atoms with Gasteiger partial charge in [0.05, 0.1) is 12.6 Å². The lowest BCUT2D eigenvalue weighted by atomic mass is 9.96. The minimum absolute atomic E-state index is 0.0919. The summed E-state index contributed by atoms with van der Waals surface area (Å²) in [5.74, 6) is -0.405. The monoisotopic (exact) mass is 383 g/mol. The van der Waals surface area contributed by atoms with Gasteiger partial charge in [0.2, 0.25) is 11.8 Å². The number of nitrogens with two attached hydrogens (primary N) is 1. The molecule has 2 rings (SSSR count). The molecule has 28 heavy (non-hydrogen) atoms. The first kappa shape index (κ1) is 21.4. The van der Waals surface area contributed by atoms with Crippen LogP contribution in [0, 0.1) is 13.8 Å². The van der Waals surface area contributed by atoms with Crippen molar-refractivity contribution in [2.45, 2.75) is 39.2 Å². The Kier molecular flexibility index (Phi) is 8.02. The highest BCUT2D eigenvalue weighted by Crippen LogP contribution is 2.21. The second kappa shape index (κ2) is 10.5. The van der Waals surface area contributed by atoms with Gasteiger partial charge in [-0.05, 0) is 67.5 Å². The molecule has 0 aliphatic heterocycles. The van der Waals surface area contributed by atoms with Crippen LogP contribution in [0.1, 0.15) is 28.7 Å². The molecule has 150 valence electrons. The fourth-order valence-electron chi connectivity index (χ4n) is 3.13. The first-order valence-corrected chi connectivity index (χ1v) is 9.50. The first-order chi connectivity index (χ1) is 13.4. The van der Waals surface area contributed by atoms with Gasteiger partial charge in [-0.1, -0.05) is 30.3 Å². The Morgan fingerprint density at radius 1 is 1.07 bits per heavy atom. The largest absolute Gasteiger partial charge is 0.508 e. The third-order valence-electron chi connectivity index (χ3n) is 4.67. The number of nitrogens with one attached hydrogen (secondary N) is 2. The molecular weight excluding hydrogens is 354 g/mol. The van der Waals surface area contributed by atoms with Gasteiger partial charge in [-0.3, -0.25) is 9.59 Å². The minimum atomic E-state index is -0.757.